The monoisotopic (exact) mass is 201 g/mol. The summed E-state index contributed by atoms with van der Waals surface area (Å²) in [6, 6.07) is 9.75. The van der Waals surface area contributed by atoms with E-state index in [0.29, 0.717) is 12.2 Å². The lowest BCUT2D eigenvalue weighted by Gasteiger charge is -2.12. The highest BCUT2D eigenvalue weighted by atomic mass is 16.6. The number of cyclic esters (lactones) is 1. The van der Waals surface area contributed by atoms with Gasteiger partial charge in [-0.1, -0.05) is 36.9 Å². The maximum absolute atomic E-state index is 11.4. The van der Waals surface area contributed by atoms with Gasteiger partial charge < -0.3 is 4.74 Å². The first-order chi connectivity index (χ1) is 7.31. The molecule has 2 rings (SSSR count). The molecule has 1 aromatic rings. The van der Waals surface area contributed by atoms with Crippen LogP contribution < -0.4 is 0 Å². The normalized spacial score (nSPS) is 15.1. The summed E-state index contributed by atoms with van der Waals surface area (Å²) in [5.74, 6) is 0. The minimum atomic E-state index is -0.329. The van der Waals surface area contributed by atoms with Crippen LogP contribution in [0, 0.1) is 0 Å². The minimum absolute atomic E-state index is 0.273. The second-order valence-corrected chi connectivity index (χ2v) is 3.25. The molecule has 3 heteroatoms. The first kappa shape index (κ1) is 9.56. The average Bonchev–Trinajstić information content (AvgIpc) is 2.62. The molecule has 1 aromatic carbocycles. The van der Waals surface area contributed by atoms with E-state index in [1.807, 2.05) is 30.3 Å². The molecule has 0 atom stereocenters. The molecular formula is C12H11NO2. The number of nitrogens with zero attached hydrogens (tertiary/aromatic N) is 1. The highest BCUT2D eigenvalue weighted by Gasteiger charge is 2.27. The minimum Gasteiger partial charge on any atom is -0.442 e. The Labute approximate surface area is 88.3 Å². The van der Waals surface area contributed by atoms with Crippen molar-refractivity contribution >= 4 is 6.09 Å². The molecule has 1 heterocycles. The molecule has 1 saturated heterocycles. The number of carbonyl (C=O) groups excluding carboxylic acids is 1. The van der Waals surface area contributed by atoms with E-state index in [1.54, 1.807) is 4.90 Å². The maximum atomic E-state index is 11.4. The van der Waals surface area contributed by atoms with Crippen LogP contribution in [0.25, 0.3) is 0 Å². The summed E-state index contributed by atoms with van der Waals surface area (Å²) in [5.41, 5.74) is 4.47. The molecule has 0 unspecified atom stereocenters. The van der Waals surface area contributed by atoms with Crippen molar-refractivity contribution in [2.75, 3.05) is 6.61 Å². The van der Waals surface area contributed by atoms with Gasteiger partial charge >= 0.3 is 6.09 Å². The third-order valence-corrected chi connectivity index (χ3v) is 2.27. The lowest BCUT2D eigenvalue weighted by molar-refractivity contribution is 0.157. The van der Waals surface area contributed by atoms with Crippen LogP contribution in [0.15, 0.2) is 48.3 Å². The summed E-state index contributed by atoms with van der Waals surface area (Å²) in [6.07, 6.45) is -0.329. The van der Waals surface area contributed by atoms with Gasteiger partial charge in [-0.3, -0.25) is 4.90 Å². The van der Waals surface area contributed by atoms with Gasteiger partial charge in [-0.25, -0.2) is 4.79 Å². The summed E-state index contributed by atoms with van der Waals surface area (Å²) in [7, 11) is 0. The van der Waals surface area contributed by atoms with Gasteiger partial charge in [-0.15, -0.1) is 5.73 Å². The number of ether oxygens (including phenoxy) is 1. The Morgan fingerprint density at radius 1 is 1.40 bits per heavy atom. The van der Waals surface area contributed by atoms with Crippen LogP contribution in [-0.4, -0.2) is 17.6 Å². The fraction of sp³-hybridized carbons (Fsp3) is 0.167. The van der Waals surface area contributed by atoms with Crippen molar-refractivity contribution in [3.05, 3.63) is 53.9 Å². The quantitative estimate of drug-likeness (QED) is 0.687. The highest BCUT2D eigenvalue weighted by Crippen LogP contribution is 2.18. The number of hydrogen-bond acceptors (Lipinski definition) is 2. The smallest absolute Gasteiger partial charge is 0.415 e. The van der Waals surface area contributed by atoms with Gasteiger partial charge in [0.25, 0.3) is 0 Å². The molecule has 0 aromatic heterocycles. The summed E-state index contributed by atoms with van der Waals surface area (Å²) < 4.78 is 4.89. The first-order valence-corrected chi connectivity index (χ1v) is 4.68. The van der Waals surface area contributed by atoms with E-state index in [9.17, 15) is 4.79 Å². The zero-order chi connectivity index (χ0) is 10.7. The van der Waals surface area contributed by atoms with Gasteiger partial charge in [0, 0.05) is 0 Å². The van der Waals surface area contributed by atoms with Crippen LogP contribution in [0.2, 0.25) is 0 Å². The second-order valence-electron chi connectivity index (χ2n) is 3.25. The third-order valence-electron chi connectivity index (χ3n) is 2.27. The first-order valence-electron chi connectivity index (χ1n) is 4.68. The van der Waals surface area contributed by atoms with E-state index in [-0.39, 0.29) is 12.7 Å². The third kappa shape index (κ3) is 1.92. The molecule has 1 amide bonds. The fourth-order valence-corrected chi connectivity index (χ4v) is 1.47. The van der Waals surface area contributed by atoms with Crippen LogP contribution in [0.5, 0.6) is 0 Å². The molecule has 3 nitrogen and oxygen atoms in total. The molecule has 1 aliphatic heterocycles. The van der Waals surface area contributed by atoms with Crippen LogP contribution in [-0.2, 0) is 11.3 Å². The van der Waals surface area contributed by atoms with Gasteiger partial charge in [-0.2, -0.15) is 0 Å². The van der Waals surface area contributed by atoms with Gasteiger partial charge in [-0.05, 0) is 5.56 Å². The molecule has 1 fully saturated rings. The molecule has 15 heavy (non-hydrogen) atoms. The predicted molar refractivity (Wildman–Crippen MR) is 56.0 cm³/mol. The summed E-state index contributed by atoms with van der Waals surface area (Å²) in [4.78, 5) is 12.9. The van der Waals surface area contributed by atoms with Crippen molar-refractivity contribution in [2.45, 2.75) is 6.54 Å². The van der Waals surface area contributed by atoms with E-state index in [1.165, 1.54) is 0 Å². The summed E-state index contributed by atoms with van der Waals surface area (Å²) >= 11 is 0. The van der Waals surface area contributed by atoms with Crippen LogP contribution >= 0.6 is 0 Å². The molecule has 0 N–H and O–H groups in total. The van der Waals surface area contributed by atoms with E-state index < -0.39 is 0 Å². The molecular weight excluding hydrogens is 190 g/mol. The van der Waals surface area contributed by atoms with Crippen molar-refractivity contribution < 1.29 is 9.53 Å². The number of benzene rings is 1. The zero-order valence-corrected chi connectivity index (χ0v) is 8.27. The molecule has 1 aliphatic rings. The largest absolute Gasteiger partial charge is 0.442 e. The number of rotatable bonds is 2. The topological polar surface area (TPSA) is 29.5 Å². The Bertz CT molecular complexity index is 419. The molecule has 0 saturated carbocycles. The van der Waals surface area contributed by atoms with E-state index in [0.717, 1.165) is 5.56 Å². The molecule has 0 spiro atoms. The van der Waals surface area contributed by atoms with Gasteiger partial charge in [0.05, 0.1) is 6.54 Å². The van der Waals surface area contributed by atoms with Gasteiger partial charge in [0.15, 0.2) is 0 Å². The SMILES string of the molecule is C=C=C1COC(=O)N1Cc1ccccc1. The second kappa shape index (κ2) is 4.03. The Kier molecular flexibility index (Phi) is 2.57. The Morgan fingerprint density at radius 2 is 2.13 bits per heavy atom. The number of amides is 1. The number of carbonyl (C=O) groups is 1. The fourth-order valence-electron chi connectivity index (χ4n) is 1.47. The lowest BCUT2D eigenvalue weighted by Crippen LogP contribution is -2.21. The summed E-state index contributed by atoms with van der Waals surface area (Å²) in [6.45, 7) is 4.32. The highest BCUT2D eigenvalue weighted by molar-refractivity contribution is 5.72. The van der Waals surface area contributed by atoms with Gasteiger partial charge in [0.1, 0.15) is 12.3 Å². The Balaban J connectivity index is 2.18. The molecule has 0 bridgehead atoms. The van der Waals surface area contributed by atoms with Crippen molar-refractivity contribution in [1.29, 1.82) is 0 Å². The van der Waals surface area contributed by atoms with Crippen molar-refractivity contribution in [2.24, 2.45) is 0 Å². The lowest BCUT2D eigenvalue weighted by atomic mass is 10.2. The predicted octanol–water partition coefficient (Wildman–Crippen LogP) is 2.31. The Hall–Kier alpha value is -1.99. The van der Waals surface area contributed by atoms with Crippen molar-refractivity contribution in [3.8, 4) is 0 Å². The van der Waals surface area contributed by atoms with Crippen LogP contribution in [0.4, 0.5) is 4.79 Å². The van der Waals surface area contributed by atoms with E-state index >= 15 is 0 Å². The zero-order valence-electron chi connectivity index (χ0n) is 8.27. The number of hydrogen-bond donors (Lipinski definition) is 0. The van der Waals surface area contributed by atoms with E-state index in [4.69, 9.17) is 4.74 Å². The molecule has 0 aliphatic carbocycles. The van der Waals surface area contributed by atoms with Crippen LogP contribution in [0.1, 0.15) is 5.56 Å². The van der Waals surface area contributed by atoms with Crippen molar-refractivity contribution in [3.63, 3.8) is 0 Å². The van der Waals surface area contributed by atoms with Crippen molar-refractivity contribution in [1.82, 2.24) is 4.90 Å². The molecule has 0 radical (unpaired) electrons. The average molecular weight is 201 g/mol. The molecule has 76 valence electrons. The summed E-state index contributed by atoms with van der Waals surface area (Å²) in [5, 5.41) is 0. The van der Waals surface area contributed by atoms with Crippen LogP contribution in [0.3, 0.4) is 0 Å². The maximum Gasteiger partial charge on any atom is 0.415 e. The van der Waals surface area contributed by atoms with Gasteiger partial charge in [0.2, 0.25) is 0 Å². The standard InChI is InChI=1S/C12H11NO2/c1-2-11-9-15-12(14)13(11)8-10-6-4-3-5-7-10/h3-7H,1,8-9H2. The Morgan fingerprint density at radius 3 is 2.80 bits per heavy atom. The van der Waals surface area contributed by atoms with E-state index in [2.05, 4.69) is 12.3 Å².